The molecule has 2 N–H and O–H groups in total. The summed E-state index contributed by atoms with van der Waals surface area (Å²) < 4.78 is 51.9. The highest BCUT2D eigenvalue weighted by Gasteiger charge is 2.42. The second kappa shape index (κ2) is 7.19. The lowest BCUT2D eigenvalue weighted by Crippen LogP contribution is -2.46. The van der Waals surface area contributed by atoms with Crippen LogP contribution in [0.5, 0.6) is 0 Å². The van der Waals surface area contributed by atoms with Gasteiger partial charge in [-0.05, 0) is 32.3 Å². The molecule has 1 saturated carbocycles. The Morgan fingerprint density at radius 3 is 2.61 bits per heavy atom. The number of carbonyl (C=O) groups is 1. The van der Waals surface area contributed by atoms with Crippen molar-refractivity contribution in [1.82, 2.24) is 10.6 Å². The van der Waals surface area contributed by atoms with Gasteiger partial charge < -0.3 is 10.6 Å². The summed E-state index contributed by atoms with van der Waals surface area (Å²) in [6, 6.07) is 4.39. The molecule has 1 aromatic carbocycles. The molecule has 1 aliphatic carbocycles. The molecule has 2 rings (SSSR count). The van der Waals surface area contributed by atoms with E-state index >= 15 is 0 Å². The third kappa shape index (κ3) is 4.84. The summed E-state index contributed by atoms with van der Waals surface area (Å²) in [5, 5.41) is 5.14. The maximum absolute atomic E-state index is 13.6. The summed E-state index contributed by atoms with van der Waals surface area (Å²) >= 11 is 0. The Morgan fingerprint density at radius 1 is 1.26 bits per heavy atom. The van der Waals surface area contributed by atoms with Crippen LogP contribution in [-0.2, 0) is 0 Å². The number of halogens is 4. The number of nitrogens with one attached hydrogen (secondary N) is 2. The highest BCUT2D eigenvalue weighted by atomic mass is 19.4. The Kier molecular flexibility index (Phi) is 5.49. The van der Waals surface area contributed by atoms with Gasteiger partial charge in [-0.1, -0.05) is 24.6 Å². The van der Waals surface area contributed by atoms with Gasteiger partial charge >= 0.3 is 12.2 Å². The van der Waals surface area contributed by atoms with Crippen molar-refractivity contribution < 1.29 is 22.4 Å². The minimum atomic E-state index is -4.22. The van der Waals surface area contributed by atoms with Crippen LogP contribution in [0.1, 0.15) is 44.2 Å². The van der Waals surface area contributed by atoms with Crippen LogP contribution in [0.4, 0.5) is 22.4 Å². The van der Waals surface area contributed by atoms with Crippen molar-refractivity contribution in [2.24, 2.45) is 5.92 Å². The van der Waals surface area contributed by atoms with Crippen LogP contribution in [0.2, 0.25) is 0 Å². The van der Waals surface area contributed by atoms with Gasteiger partial charge in [0.05, 0.1) is 12.0 Å². The average molecular weight is 332 g/mol. The van der Waals surface area contributed by atoms with Gasteiger partial charge in [0.25, 0.3) is 0 Å². The van der Waals surface area contributed by atoms with Crippen molar-refractivity contribution in [2.75, 3.05) is 0 Å². The normalized spacial score (nSPS) is 23.2. The van der Waals surface area contributed by atoms with Crippen molar-refractivity contribution in [3.8, 4) is 0 Å². The predicted octanol–water partition coefficient (Wildman–Crippen LogP) is 4.31. The SMILES string of the molecule is C[C@H](NC(=O)N[C@H]1CCC[C@H](C(F)(F)F)C1)c1ccccc1F. The lowest BCUT2D eigenvalue weighted by Gasteiger charge is -2.31. The number of urea groups is 1. The molecular weight excluding hydrogens is 312 g/mol. The fourth-order valence-corrected chi connectivity index (χ4v) is 2.95. The van der Waals surface area contributed by atoms with E-state index in [-0.39, 0.29) is 12.8 Å². The van der Waals surface area contributed by atoms with Gasteiger partial charge in [-0.25, -0.2) is 9.18 Å². The van der Waals surface area contributed by atoms with E-state index in [1.54, 1.807) is 25.1 Å². The zero-order valence-corrected chi connectivity index (χ0v) is 12.8. The smallest absolute Gasteiger partial charge is 0.335 e. The fraction of sp³-hybridized carbons (Fsp3) is 0.562. The molecule has 0 aliphatic heterocycles. The summed E-state index contributed by atoms with van der Waals surface area (Å²) in [5.41, 5.74) is 0.333. The number of rotatable bonds is 3. The maximum Gasteiger partial charge on any atom is 0.391 e. The van der Waals surface area contributed by atoms with Crippen LogP contribution in [-0.4, -0.2) is 18.2 Å². The van der Waals surface area contributed by atoms with Crippen LogP contribution in [0.25, 0.3) is 0 Å². The molecule has 0 heterocycles. The molecule has 1 fully saturated rings. The molecule has 7 heteroatoms. The van der Waals surface area contributed by atoms with Gasteiger partial charge in [0.2, 0.25) is 0 Å². The second-order valence-corrected chi connectivity index (χ2v) is 5.96. The van der Waals surface area contributed by atoms with E-state index in [0.29, 0.717) is 18.4 Å². The van der Waals surface area contributed by atoms with Crippen LogP contribution in [0.3, 0.4) is 0 Å². The molecule has 3 nitrogen and oxygen atoms in total. The number of hydrogen-bond acceptors (Lipinski definition) is 1. The third-order valence-electron chi connectivity index (χ3n) is 4.19. The Bertz CT molecular complexity index is 547. The molecule has 23 heavy (non-hydrogen) atoms. The lowest BCUT2D eigenvalue weighted by molar-refractivity contribution is -0.183. The zero-order chi connectivity index (χ0) is 17.0. The molecule has 1 aliphatic rings. The molecule has 0 spiro atoms. The minimum absolute atomic E-state index is 0.106. The Balaban J connectivity index is 1.88. The zero-order valence-electron chi connectivity index (χ0n) is 12.8. The topological polar surface area (TPSA) is 41.1 Å². The van der Waals surface area contributed by atoms with Gasteiger partial charge in [0, 0.05) is 11.6 Å². The van der Waals surface area contributed by atoms with Crippen molar-refractivity contribution in [3.63, 3.8) is 0 Å². The Hall–Kier alpha value is -1.79. The lowest BCUT2D eigenvalue weighted by atomic mass is 9.85. The van der Waals surface area contributed by atoms with E-state index in [9.17, 15) is 22.4 Å². The monoisotopic (exact) mass is 332 g/mol. The van der Waals surface area contributed by atoms with E-state index in [2.05, 4.69) is 10.6 Å². The fourth-order valence-electron chi connectivity index (χ4n) is 2.95. The molecule has 3 atom stereocenters. The first-order chi connectivity index (χ1) is 10.8. The van der Waals surface area contributed by atoms with Crippen molar-refractivity contribution in [2.45, 2.75) is 50.9 Å². The first-order valence-corrected chi connectivity index (χ1v) is 7.65. The minimum Gasteiger partial charge on any atom is -0.335 e. The molecule has 0 saturated heterocycles. The Morgan fingerprint density at radius 2 is 1.96 bits per heavy atom. The first kappa shape index (κ1) is 17.6. The molecular formula is C16H20F4N2O. The van der Waals surface area contributed by atoms with Crippen molar-refractivity contribution in [1.29, 1.82) is 0 Å². The van der Waals surface area contributed by atoms with Gasteiger partial charge in [-0.2, -0.15) is 13.2 Å². The summed E-state index contributed by atoms with van der Waals surface area (Å²) in [4.78, 5) is 11.9. The highest BCUT2D eigenvalue weighted by Crippen LogP contribution is 2.37. The van der Waals surface area contributed by atoms with E-state index in [1.165, 1.54) is 6.07 Å². The number of alkyl halides is 3. The van der Waals surface area contributed by atoms with Crippen LogP contribution in [0, 0.1) is 11.7 Å². The number of hydrogen-bond donors (Lipinski definition) is 2. The van der Waals surface area contributed by atoms with E-state index in [0.717, 1.165) is 0 Å². The third-order valence-corrected chi connectivity index (χ3v) is 4.19. The summed E-state index contributed by atoms with van der Waals surface area (Å²) in [6.07, 6.45) is -3.27. The van der Waals surface area contributed by atoms with Crippen LogP contribution in [0.15, 0.2) is 24.3 Å². The highest BCUT2D eigenvalue weighted by molar-refractivity contribution is 5.74. The van der Waals surface area contributed by atoms with Crippen LogP contribution >= 0.6 is 0 Å². The quantitative estimate of drug-likeness (QED) is 0.796. The van der Waals surface area contributed by atoms with Gasteiger partial charge in [-0.15, -0.1) is 0 Å². The van der Waals surface area contributed by atoms with E-state index in [4.69, 9.17) is 0 Å². The molecule has 2 amide bonds. The average Bonchev–Trinajstić information content (AvgIpc) is 2.46. The molecule has 0 radical (unpaired) electrons. The maximum atomic E-state index is 13.6. The summed E-state index contributed by atoms with van der Waals surface area (Å²) in [5.74, 6) is -1.80. The summed E-state index contributed by atoms with van der Waals surface area (Å²) in [7, 11) is 0. The molecule has 128 valence electrons. The Labute approximate surface area is 132 Å². The van der Waals surface area contributed by atoms with E-state index < -0.39 is 36.0 Å². The number of amides is 2. The van der Waals surface area contributed by atoms with E-state index in [1.807, 2.05) is 0 Å². The molecule has 0 unspecified atom stereocenters. The van der Waals surface area contributed by atoms with Gasteiger partial charge in [-0.3, -0.25) is 0 Å². The number of carbonyl (C=O) groups excluding carboxylic acids is 1. The summed E-state index contributed by atoms with van der Waals surface area (Å²) in [6.45, 7) is 1.62. The largest absolute Gasteiger partial charge is 0.391 e. The standard InChI is InChI=1S/C16H20F4N2O/c1-10(13-7-2-3-8-14(13)17)21-15(23)22-12-6-4-5-11(9-12)16(18,19)20/h2-3,7-8,10-12H,4-6,9H2,1H3,(H2,21,22,23)/t10-,11-,12-/m0/s1. The van der Waals surface area contributed by atoms with Gasteiger partial charge in [0.1, 0.15) is 5.82 Å². The second-order valence-electron chi connectivity index (χ2n) is 5.96. The number of benzene rings is 1. The van der Waals surface area contributed by atoms with Gasteiger partial charge in [0.15, 0.2) is 0 Å². The predicted molar refractivity (Wildman–Crippen MR) is 78.3 cm³/mol. The van der Waals surface area contributed by atoms with Crippen LogP contribution < -0.4 is 10.6 Å². The molecule has 0 bridgehead atoms. The first-order valence-electron chi connectivity index (χ1n) is 7.65. The van der Waals surface area contributed by atoms with Crippen molar-refractivity contribution >= 4 is 6.03 Å². The molecule has 1 aromatic rings. The molecule has 0 aromatic heterocycles. The van der Waals surface area contributed by atoms with Crippen molar-refractivity contribution in [3.05, 3.63) is 35.6 Å².